The summed E-state index contributed by atoms with van der Waals surface area (Å²) < 4.78 is 25.0. The number of benzene rings is 2. The van der Waals surface area contributed by atoms with Crippen LogP contribution in [-0.2, 0) is 11.3 Å². The van der Waals surface area contributed by atoms with Crippen LogP contribution in [0.5, 0.6) is 5.75 Å². The quantitative estimate of drug-likeness (QED) is 0.383. The molecule has 29 heavy (non-hydrogen) atoms. The SMILES string of the molecule is CN=C(NCc1ccc(C)cc1OCCCOC)NC1CC1c1ccccc1F. The molecule has 2 aromatic rings. The molecule has 0 amide bonds. The van der Waals surface area contributed by atoms with E-state index in [2.05, 4.69) is 40.7 Å². The second-order valence-corrected chi connectivity index (χ2v) is 7.35. The fourth-order valence-corrected chi connectivity index (χ4v) is 3.35. The smallest absolute Gasteiger partial charge is 0.191 e. The number of aryl methyl sites for hydroxylation is 1. The van der Waals surface area contributed by atoms with Crippen molar-refractivity contribution in [1.29, 1.82) is 0 Å². The van der Waals surface area contributed by atoms with Gasteiger partial charge in [0.1, 0.15) is 11.6 Å². The average Bonchev–Trinajstić information content (AvgIpc) is 3.48. The van der Waals surface area contributed by atoms with Gasteiger partial charge in [0.05, 0.1) is 6.61 Å². The van der Waals surface area contributed by atoms with E-state index in [0.717, 1.165) is 35.3 Å². The summed E-state index contributed by atoms with van der Waals surface area (Å²) in [6.45, 7) is 3.94. The summed E-state index contributed by atoms with van der Waals surface area (Å²) in [4.78, 5) is 4.31. The molecular formula is C23H30FN3O2. The molecule has 0 heterocycles. The minimum absolute atomic E-state index is 0.139. The molecule has 2 unspecified atom stereocenters. The maximum Gasteiger partial charge on any atom is 0.191 e. The lowest BCUT2D eigenvalue weighted by Gasteiger charge is -2.15. The third-order valence-corrected chi connectivity index (χ3v) is 5.06. The Balaban J connectivity index is 1.54. The van der Waals surface area contributed by atoms with Gasteiger partial charge in [-0.1, -0.05) is 30.3 Å². The number of methoxy groups -OCH3 is 1. The predicted molar refractivity (Wildman–Crippen MR) is 114 cm³/mol. The van der Waals surface area contributed by atoms with Crippen molar-refractivity contribution in [2.75, 3.05) is 27.4 Å². The van der Waals surface area contributed by atoms with Gasteiger partial charge in [0.25, 0.3) is 0 Å². The van der Waals surface area contributed by atoms with Crippen molar-refractivity contribution in [3.05, 3.63) is 65.0 Å². The Kier molecular flexibility index (Phi) is 7.47. The van der Waals surface area contributed by atoms with Gasteiger partial charge in [-0.05, 0) is 36.6 Å². The summed E-state index contributed by atoms with van der Waals surface area (Å²) in [6.07, 6.45) is 1.75. The molecule has 1 saturated carbocycles. The number of guanidine groups is 1. The van der Waals surface area contributed by atoms with E-state index in [1.807, 2.05) is 12.1 Å². The zero-order valence-corrected chi connectivity index (χ0v) is 17.4. The van der Waals surface area contributed by atoms with E-state index in [4.69, 9.17) is 9.47 Å². The molecule has 2 aromatic carbocycles. The van der Waals surface area contributed by atoms with Crippen LogP contribution in [0.25, 0.3) is 0 Å². The number of rotatable bonds is 9. The van der Waals surface area contributed by atoms with Gasteiger partial charge in [-0.25, -0.2) is 4.39 Å². The monoisotopic (exact) mass is 399 g/mol. The molecule has 5 nitrogen and oxygen atoms in total. The second-order valence-electron chi connectivity index (χ2n) is 7.35. The first kappa shape index (κ1) is 21.1. The molecule has 0 spiro atoms. The van der Waals surface area contributed by atoms with Crippen molar-refractivity contribution >= 4 is 5.96 Å². The van der Waals surface area contributed by atoms with Crippen LogP contribution in [0.15, 0.2) is 47.5 Å². The largest absolute Gasteiger partial charge is 0.493 e. The van der Waals surface area contributed by atoms with Crippen LogP contribution in [0.3, 0.4) is 0 Å². The fraction of sp³-hybridized carbons (Fsp3) is 0.435. The van der Waals surface area contributed by atoms with E-state index < -0.39 is 0 Å². The van der Waals surface area contributed by atoms with Crippen molar-refractivity contribution in [2.45, 2.75) is 38.3 Å². The zero-order valence-electron chi connectivity index (χ0n) is 17.4. The Morgan fingerprint density at radius 1 is 1.21 bits per heavy atom. The van der Waals surface area contributed by atoms with Crippen molar-refractivity contribution < 1.29 is 13.9 Å². The molecule has 6 heteroatoms. The molecule has 2 N–H and O–H groups in total. The highest BCUT2D eigenvalue weighted by Crippen LogP contribution is 2.41. The van der Waals surface area contributed by atoms with Crippen LogP contribution >= 0.6 is 0 Å². The number of nitrogens with one attached hydrogen (secondary N) is 2. The van der Waals surface area contributed by atoms with Crippen LogP contribution in [0.4, 0.5) is 4.39 Å². The van der Waals surface area contributed by atoms with Crippen LogP contribution in [0.1, 0.15) is 35.4 Å². The predicted octanol–water partition coefficient (Wildman–Crippen LogP) is 3.77. The van der Waals surface area contributed by atoms with E-state index in [0.29, 0.717) is 25.7 Å². The van der Waals surface area contributed by atoms with Crippen molar-refractivity contribution in [3.63, 3.8) is 0 Å². The van der Waals surface area contributed by atoms with E-state index in [1.165, 1.54) is 6.07 Å². The Morgan fingerprint density at radius 2 is 2.03 bits per heavy atom. The minimum Gasteiger partial charge on any atom is -0.493 e. The van der Waals surface area contributed by atoms with Crippen molar-refractivity contribution in [3.8, 4) is 5.75 Å². The Morgan fingerprint density at radius 3 is 2.79 bits per heavy atom. The third-order valence-electron chi connectivity index (χ3n) is 5.06. The molecule has 0 bridgehead atoms. The van der Waals surface area contributed by atoms with Crippen LogP contribution in [0.2, 0.25) is 0 Å². The lowest BCUT2D eigenvalue weighted by Crippen LogP contribution is -2.38. The number of nitrogens with zero attached hydrogens (tertiary/aromatic N) is 1. The highest BCUT2D eigenvalue weighted by molar-refractivity contribution is 5.80. The summed E-state index contributed by atoms with van der Waals surface area (Å²) in [5, 5.41) is 6.74. The summed E-state index contributed by atoms with van der Waals surface area (Å²) >= 11 is 0. The average molecular weight is 400 g/mol. The van der Waals surface area contributed by atoms with Gasteiger partial charge in [0.15, 0.2) is 5.96 Å². The number of hydrogen-bond acceptors (Lipinski definition) is 3. The first-order valence-corrected chi connectivity index (χ1v) is 10.0. The highest BCUT2D eigenvalue weighted by atomic mass is 19.1. The topological polar surface area (TPSA) is 54.9 Å². The second kappa shape index (κ2) is 10.3. The summed E-state index contributed by atoms with van der Waals surface area (Å²) in [5.74, 6) is 1.63. The van der Waals surface area contributed by atoms with Gasteiger partial charge < -0.3 is 20.1 Å². The van der Waals surface area contributed by atoms with Gasteiger partial charge in [-0.15, -0.1) is 0 Å². The third kappa shape index (κ3) is 5.94. The molecule has 1 aliphatic rings. The Labute approximate surface area is 172 Å². The lowest BCUT2D eigenvalue weighted by atomic mass is 10.1. The number of hydrogen-bond donors (Lipinski definition) is 2. The maximum atomic E-state index is 14.0. The highest BCUT2D eigenvalue weighted by Gasteiger charge is 2.40. The summed E-state index contributed by atoms with van der Waals surface area (Å²) in [6, 6.07) is 13.4. The Hall–Kier alpha value is -2.60. The Bertz CT molecular complexity index is 841. The van der Waals surface area contributed by atoms with E-state index in [1.54, 1.807) is 20.2 Å². The molecule has 0 radical (unpaired) electrons. The lowest BCUT2D eigenvalue weighted by molar-refractivity contribution is 0.171. The minimum atomic E-state index is -0.139. The van der Waals surface area contributed by atoms with E-state index in [-0.39, 0.29) is 17.8 Å². The molecule has 3 rings (SSSR count). The zero-order chi connectivity index (χ0) is 20.6. The number of aliphatic imine (C=N–C) groups is 1. The van der Waals surface area contributed by atoms with E-state index >= 15 is 0 Å². The van der Waals surface area contributed by atoms with Gasteiger partial charge in [0, 0.05) is 51.3 Å². The normalized spacial score (nSPS) is 18.4. The maximum absolute atomic E-state index is 14.0. The molecule has 0 aromatic heterocycles. The first-order chi connectivity index (χ1) is 14.1. The van der Waals surface area contributed by atoms with Gasteiger partial charge in [-0.3, -0.25) is 4.99 Å². The standard InChI is InChI=1S/C23H30FN3O2/c1-16-9-10-17(22(13-16)29-12-6-11-28-3)15-26-23(25-2)27-21-14-19(21)18-7-4-5-8-20(18)24/h4-5,7-10,13,19,21H,6,11-12,14-15H2,1-3H3,(H2,25,26,27). The van der Waals surface area contributed by atoms with E-state index in [9.17, 15) is 4.39 Å². The number of ether oxygens (including phenoxy) is 2. The first-order valence-electron chi connectivity index (χ1n) is 10.0. The van der Waals surface area contributed by atoms with Crippen LogP contribution < -0.4 is 15.4 Å². The molecule has 2 atom stereocenters. The molecule has 0 aliphatic heterocycles. The molecule has 1 fully saturated rings. The summed E-state index contributed by atoms with van der Waals surface area (Å²) in [7, 11) is 3.43. The molecule has 156 valence electrons. The summed E-state index contributed by atoms with van der Waals surface area (Å²) in [5.41, 5.74) is 2.99. The van der Waals surface area contributed by atoms with Crippen LogP contribution in [0, 0.1) is 12.7 Å². The van der Waals surface area contributed by atoms with Gasteiger partial charge in [0.2, 0.25) is 0 Å². The molecule has 1 aliphatic carbocycles. The molecular weight excluding hydrogens is 369 g/mol. The van der Waals surface area contributed by atoms with Crippen LogP contribution in [-0.4, -0.2) is 39.4 Å². The molecule has 0 saturated heterocycles. The fourth-order valence-electron chi connectivity index (χ4n) is 3.35. The van der Waals surface area contributed by atoms with Gasteiger partial charge in [-0.2, -0.15) is 0 Å². The van der Waals surface area contributed by atoms with Crippen molar-refractivity contribution in [1.82, 2.24) is 10.6 Å². The van der Waals surface area contributed by atoms with Crippen molar-refractivity contribution in [2.24, 2.45) is 4.99 Å². The number of halogens is 1. The van der Waals surface area contributed by atoms with Gasteiger partial charge >= 0.3 is 0 Å².